The first kappa shape index (κ1) is 52.6. The van der Waals surface area contributed by atoms with Crippen molar-refractivity contribution >= 4 is 47.0 Å². The standard InChI is InChI=1S/C48H67ClF4N8O7/c1-29(2)22-36-43(64)60(6)39(24-31-23-33(49)17-18-35(31)32-26-54-58(4)27-32)44(65)57(3)20-12-9-7-8-10-14-37(41(62)55-36)59(5)45(66)40(30-15-16-30)56-42(63)38-25-34(50)28-61(38)46(67)47(48(51,52)53)19-11-13-21-68-47/h17-18,23,26-27,29-30,34,36-40H,7-16,19-22,24-25,28H2,1-6H3,(H,55,62)(H,56,63)/t34-,36+,37+,38+,39+,40+,47-/m1/s1. The number of carbonyl (C=O) groups excluding carboxylic acids is 6. The zero-order valence-corrected chi connectivity index (χ0v) is 40.7. The van der Waals surface area contributed by atoms with E-state index in [1.807, 2.05) is 26.1 Å². The van der Waals surface area contributed by atoms with Crippen LogP contribution >= 0.6 is 11.6 Å². The summed E-state index contributed by atoms with van der Waals surface area (Å²) < 4.78 is 65.3. The van der Waals surface area contributed by atoms with Gasteiger partial charge in [0.2, 0.25) is 35.1 Å². The fourth-order valence-electron chi connectivity index (χ4n) is 9.84. The first-order valence-corrected chi connectivity index (χ1v) is 24.3. The molecule has 0 radical (unpaired) electrons. The largest absolute Gasteiger partial charge is 0.426 e. The van der Waals surface area contributed by atoms with E-state index < -0.39 is 97.1 Å². The van der Waals surface area contributed by atoms with Gasteiger partial charge >= 0.3 is 6.18 Å². The number of hydrogen-bond donors (Lipinski definition) is 2. The van der Waals surface area contributed by atoms with Crippen molar-refractivity contribution in [3.05, 3.63) is 41.2 Å². The average Bonchev–Trinajstić information content (AvgIpc) is 3.92. The molecule has 1 saturated carbocycles. The normalized spacial score (nSPS) is 26.7. The fraction of sp³-hybridized carbons (Fsp3) is 0.688. The Balaban J connectivity index is 1.25. The molecule has 15 nitrogen and oxygen atoms in total. The van der Waals surface area contributed by atoms with Gasteiger partial charge in [-0.3, -0.25) is 33.4 Å². The van der Waals surface area contributed by atoms with E-state index in [-0.39, 0.29) is 50.0 Å². The van der Waals surface area contributed by atoms with E-state index in [9.17, 15) is 41.9 Å². The number of amides is 6. The Hall–Kier alpha value is -4.78. The number of rotatable bonds is 11. The van der Waals surface area contributed by atoms with E-state index in [4.69, 9.17) is 16.3 Å². The van der Waals surface area contributed by atoms with Crippen LogP contribution in [0.15, 0.2) is 30.6 Å². The number of aromatic nitrogens is 2. The Morgan fingerprint density at radius 2 is 1.71 bits per heavy atom. The molecule has 68 heavy (non-hydrogen) atoms. The topological polar surface area (TPSA) is 166 Å². The van der Waals surface area contributed by atoms with Crippen LogP contribution in [0.1, 0.15) is 103 Å². The molecule has 4 aliphatic rings. The lowest BCUT2D eigenvalue weighted by Gasteiger charge is -2.40. The molecule has 6 rings (SSSR count). The van der Waals surface area contributed by atoms with Crippen molar-refractivity contribution in [1.29, 1.82) is 0 Å². The molecule has 0 spiro atoms. The van der Waals surface area contributed by atoms with Gasteiger partial charge in [-0.15, -0.1) is 0 Å². The predicted molar refractivity (Wildman–Crippen MR) is 245 cm³/mol. The molecule has 3 saturated heterocycles. The van der Waals surface area contributed by atoms with Crippen LogP contribution in [0.3, 0.4) is 0 Å². The number of likely N-dealkylation sites (N-methyl/N-ethyl adjacent to an activating group) is 3. The number of likely N-dealkylation sites (tertiary alicyclic amines) is 1. The molecule has 376 valence electrons. The molecule has 0 unspecified atom stereocenters. The van der Waals surface area contributed by atoms with Gasteiger partial charge in [-0.25, -0.2) is 4.39 Å². The van der Waals surface area contributed by atoms with Crippen LogP contribution in [0.4, 0.5) is 17.6 Å². The average molecular weight is 980 g/mol. The molecule has 3 aliphatic heterocycles. The van der Waals surface area contributed by atoms with Crippen LogP contribution in [0.25, 0.3) is 11.1 Å². The van der Waals surface area contributed by atoms with Crippen LogP contribution in [-0.4, -0.2) is 154 Å². The highest BCUT2D eigenvalue weighted by atomic mass is 35.5. The van der Waals surface area contributed by atoms with E-state index in [1.54, 1.807) is 49.1 Å². The van der Waals surface area contributed by atoms with E-state index in [0.29, 0.717) is 60.6 Å². The summed E-state index contributed by atoms with van der Waals surface area (Å²) in [6.07, 6.45) is 0.760. The molecular weight excluding hydrogens is 912 g/mol. The Labute approximate surface area is 400 Å². The lowest BCUT2D eigenvalue weighted by Crippen LogP contribution is -2.64. The quantitative estimate of drug-likeness (QED) is 0.274. The molecule has 0 bridgehead atoms. The fourth-order valence-corrected chi connectivity index (χ4v) is 10.0. The second-order valence-electron chi connectivity index (χ2n) is 19.6. The van der Waals surface area contributed by atoms with Gasteiger partial charge in [-0.1, -0.05) is 57.2 Å². The minimum absolute atomic E-state index is 0.0490. The summed E-state index contributed by atoms with van der Waals surface area (Å²) in [6.45, 7) is 3.16. The van der Waals surface area contributed by atoms with Gasteiger partial charge in [0, 0.05) is 71.0 Å². The van der Waals surface area contributed by atoms with E-state index >= 15 is 4.39 Å². The van der Waals surface area contributed by atoms with Gasteiger partial charge in [0.15, 0.2) is 0 Å². The first-order chi connectivity index (χ1) is 32.1. The molecule has 1 aromatic carbocycles. The van der Waals surface area contributed by atoms with Gasteiger partial charge in [0.1, 0.15) is 36.4 Å². The van der Waals surface area contributed by atoms with Crippen molar-refractivity contribution in [2.45, 2.75) is 152 Å². The first-order valence-electron chi connectivity index (χ1n) is 24.0. The van der Waals surface area contributed by atoms with Gasteiger partial charge in [0.05, 0.1) is 12.7 Å². The second kappa shape index (κ2) is 22.3. The summed E-state index contributed by atoms with van der Waals surface area (Å²) in [5.41, 5.74) is -0.909. The third-order valence-electron chi connectivity index (χ3n) is 13.9. The summed E-state index contributed by atoms with van der Waals surface area (Å²) >= 11 is 6.53. The molecule has 4 fully saturated rings. The number of carbonyl (C=O) groups is 6. The summed E-state index contributed by atoms with van der Waals surface area (Å²) in [5, 5.41) is 10.4. The van der Waals surface area contributed by atoms with Gasteiger partial charge < -0.3 is 35.0 Å². The summed E-state index contributed by atoms with van der Waals surface area (Å²) in [7, 11) is 6.49. The molecule has 4 heterocycles. The SMILES string of the molecule is CC(C)C[C@@H]1NC(=O)[C@@H](N(C)C(=O)[C@@H](NC(=O)[C@@H]2C[C@@H](F)CN2C(=O)[C@@]2(C(F)(F)F)CCCCO2)C2CC2)CCCCCCCN(C)C(=O)[C@H](Cc2cc(Cl)ccc2-c2cnn(C)c2)N(C)C1=O. The number of alkyl halides is 4. The van der Waals surface area contributed by atoms with Gasteiger partial charge in [0.25, 0.3) is 5.91 Å². The zero-order valence-electron chi connectivity index (χ0n) is 40.0. The third kappa shape index (κ3) is 12.1. The second-order valence-corrected chi connectivity index (χ2v) is 20.0. The Morgan fingerprint density at radius 1 is 1.00 bits per heavy atom. The number of nitrogens with zero attached hydrogens (tertiary/aromatic N) is 6. The molecule has 6 amide bonds. The van der Waals surface area contributed by atoms with Crippen LogP contribution in [0, 0.1) is 11.8 Å². The minimum Gasteiger partial charge on any atom is -0.357 e. The number of nitrogens with one attached hydrogen (secondary N) is 2. The van der Waals surface area contributed by atoms with Crippen molar-refractivity contribution < 1.29 is 51.1 Å². The van der Waals surface area contributed by atoms with Crippen molar-refractivity contribution in [2.75, 3.05) is 40.8 Å². The van der Waals surface area contributed by atoms with Gasteiger partial charge in [-0.2, -0.15) is 18.3 Å². The van der Waals surface area contributed by atoms with Crippen molar-refractivity contribution in [1.82, 2.24) is 40.0 Å². The van der Waals surface area contributed by atoms with Crippen LogP contribution < -0.4 is 10.6 Å². The van der Waals surface area contributed by atoms with Crippen LogP contribution in [0.5, 0.6) is 0 Å². The third-order valence-corrected chi connectivity index (χ3v) is 14.2. The van der Waals surface area contributed by atoms with E-state index in [1.165, 1.54) is 16.8 Å². The Bertz CT molecular complexity index is 2150. The Kier molecular flexibility index (Phi) is 17.3. The highest BCUT2D eigenvalue weighted by molar-refractivity contribution is 6.30. The molecule has 2 N–H and O–H groups in total. The molecule has 1 aromatic heterocycles. The maximum Gasteiger partial charge on any atom is 0.426 e. The maximum atomic E-state index is 15.0. The molecule has 2 aromatic rings. The summed E-state index contributed by atoms with van der Waals surface area (Å²) in [5.74, 6) is -5.05. The molecule has 7 atom stereocenters. The lowest BCUT2D eigenvalue weighted by atomic mass is 9.91. The number of hydrogen-bond acceptors (Lipinski definition) is 8. The monoisotopic (exact) mass is 978 g/mol. The lowest BCUT2D eigenvalue weighted by molar-refractivity contribution is -0.281. The summed E-state index contributed by atoms with van der Waals surface area (Å²) in [6, 6.07) is -0.733. The highest BCUT2D eigenvalue weighted by Gasteiger charge is 2.65. The number of ether oxygens (including phenoxy) is 1. The number of halogens is 5. The smallest absolute Gasteiger partial charge is 0.357 e. The number of aryl methyl sites for hydroxylation is 1. The van der Waals surface area contributed by atoms with Gasteiger partial charge in [-0.05, 0) is 86.5 Å². The number of benzene rings is 1. The molecular formula is C48H67ClF4N8O7. The zero-order chi connectivity index (χ0) is 49.7. The summed E-state index contributed by atoms with van der Waals surface area (Å²) in [4.78, 5) is 91.0. The van der Waals surface area contributed by atoms with Crippen LogP contribution in [0.2, 0.25) is 5.02 Å². The predicted octanol–water partition coefficient (Wildman–Crippen LogP) is 5.62. The van der Waals surface area contributed by atoms with Crippen LogP contribution in [-0.2, 0) is 47.0 Å². The van der Waals surface area contributed by atoms with Crippen molar-refractivity contribution in [3.8, 4) is 11.1 Å². The minimum atomic E-state index is -5.12. The highest BCUT2D eigenvalue weighted by Crippen LogP contribution is 2.43. The van der Waals surface area contributed by atoms with Crippen molar-refractivity contribution in [3.63, 3.8) is 0 Å². The van der Waals surface area contributed by atoms with E-state index in [0.717, 1.165) is 24.0 Å². The molecule has 1 aliphatic carbocycles. The maximum absolute atomic E-state index is 15.0. The molecule has 20 heteroatoms. The van der Waals surface area contributed by atoms with Crippen molar-refractivity contribution in [2.24, 2.45) is 18.9 Å². The van der Waals surface area contributed by atoms with E-state index in [2.05, 4.69) is 15.7 Å². The Morgan fingerprint density at radius 3 is 2.34 bits per heavy atom.